The average molecular weight is 215 g/mol. The van der Waals surface area contributed by atoms with Crippen LogP contribution in [-0.4, -0.2) is 12.5 Å². The number of halogens is 1. The second kappa shape index (κ2) is 6.40. The van der Waals surface area contributed by atoms with Crippen molar-refractivity contribution < 1.29 is 22.5 Å². The Balaban J connectivity index is 0.00000169. The molecule has 0 saturated carbocycles. The molecule has 0 aromatic heterocycles. The summed E-state index contributed by atoms with van der Waals surface area (Å²) in [6, 6.07) is 7.33. The molecular weight excluding hydrogens is 200 g/mol. The number of hydrogen-bond donors (Lipinski definition) is 2. The molecule has 0 heterocycles. The number of carbonyl (C=O) groups is 1. The van der Waals surface area contributed by atoms with Crippen LogP contribution < -0.4 is 23.5 Å². The van der Waals surface area contributed by atoms with Crippen molar-refractivity contribution in [1.29, 1.82) is 0 Å². The standard InChI is InChI=1S/C10H14N2O.ClH/c1-2-7-12-9-5-3-8(4-6-9)10(11)13;/h3-6,12H,2,7H2,1H3,(H2,11,13);1H. The highest BCUT2D eigenvalue weighted by Crippen LogP contribution is 2.03. The second-order valence-electron chi connectivity index (χ2n) is 2.98. The highest BCUT2D eigenvalue weighted by Gasteiger charge is 2.00. The Morgan fingerprint density at radius 2 is 1.93 bits per heavy atom. The lowest BCUT2D eigenvalue weighted by atomic mass is 10.2. The zero-order chi connectivity index (χ0) is 9.68. The topological polar surface area (TPSA) is 59.7 Å². The SMILES string of the molecule is CCC[NH2+]c1ccc(C(N)=O)cc1.[Cl-]. The Bertz CT molecular complexity index is 285. The van der Waals surface area contributed by atoms with Crippen LogP contribution in [0.15, 0.2) is 24.3 Å². The van der Waals surface area contributed by atoms with Gasteiger partial charge in [-0.3, -0.25) is 4.79 Å². The molecule has 0 aliphatic carbocycles. The summed E-state index contributed by atoms with van der Waals surface area (Å²) >= 11 is 0. The van der Waals surface area contributed by atoms with E-state index in [9.17, 15) is 4.79 Å². The molecule has 1 amide bonds. The summed E-state index contributed by atoms with van der Waals surface area (Å²) in [6.45, 7) is 3.20. The van der Waals surface area contributed by atoms with Crippen molar-refractivity contribution in [3.05, 3.63) is 29.8 Å². The molecule has 78 valence electrons. The number of carbonyl (C=O) groups excluding carboxylic acids is 1. The smallest absolute Gasteiger partial charge is 0.248 e. The summed E-state index contributed by atoms with van der Waals surface area (Å²) in [4.78, 5) is 10.7. The van der Waals surface area contributed by atoms with Crippen molar-refractivity contribution in [3.8, 4) is 0 Å². The highest BCUT2D eigenvalue weighted by molar-refractivity contribution is 5.92. The molecule has 3 nitrogen and oxygen atoms in total. The fourth-order valence-corrected chi connectivity index (χ4v) is 1.09. The maximum absolute atomic E-state index is 10.7. The monoisotopic (exact) mass is 214 g/mol. The number of hydrogen-bond acceptors (Lipinski definition) is 1. The summed E-state index contributed by atoms with van der Waals surface area (Å²) in [5.41, 5.74) is 6.82. The molecule has 0 saturated heterocycles. The highest BCUT2D eigenvalue weighted by atomic mass is 35.5. The predicted octanol–water partition coefficient (Wildman–Crippen LogP) is -2.61. The lowest BCUT2D eigenvalue weighted by molar-refractivity contribution is -0.571. The molecule has 0 atom stereocenters. The van der Waals surface area contributed by atoms with E-state index in [1.54, 1.807) is 12.1 Å². The van der Waals surface area contributed by atoms with Gasteiger partial charge in [0.1, 0.15) is 5.69 Å². The van der Waals surface area contributed by atoms with Crippen LogP contribution in [0.25, 0.3) is 0 Å². The van der Waals surface area contributed by atoms with Gasteiger partial charge in [0.25, 0.3) is 0 Å². The zero-order valence-electron chi connectivity index (χ0n) is 8.16. The molecule has 1 aromatic rings. The van der Waals surface area contributed by atoms with Crippen molar-refractivity contribution in [2.45, 2.75) is 13.3 Å². The predicted molar refractivity (Wildman–Crippen MR) is 51.7 cm³/mol. The first-order valence-electron chi connectivity index (χ1n) is 4.47. The lowest BCUT2D eigenvalue weighted by Crippen LogP contribution is -3.00. The second-order valence-corrected chi connectivity index (χ2v) is 2.98. The fraction of sp³-hybridized carbons (Fsp3) is 0.300. The van der Waals surface area contributed by atoms with E-state index in [-0.39, 0.29) is 18.3 Å². The molecule has 0 radical (unpaired) electrons. The minimum atomic E-state index is -0.373. The van der Waals surface area contributed by atoms with E-state index in [4.69, 9.17) is 5.73 Å². The van der Waals surface area contributed by atoms with Crippen molar-refractivity contribution in [2.24, 2.45) is 5.73 Å². The maximum atomic E-state index is 10.7. The van der Waals surface area contributed by atoms with Crippen LogP contribution in [0.5, 0.6) is 0 Å². The molecule has 4 N–H and O–H groups in total. The summed E-state index contributed by atoms with van der Waals surface area (Å²) in [7, 11) is 0. The molecule has 0 aliphatic heterocycles. The van der Waals surface area contributed by atoms with Gasteiger partial charge in [-0.1, -0.05) is 6.92 Å². The van der Waals surface area contributed by atoms with Crippen LogP contribution in [0, 0.1) is 0 Å². The molecule has 1 aromatic carbocycles. The van der Waals surface area contributed by atoms with Gasteiger partial charge in [0, 0.05) is 5.56 Å². The Morgan fingerprint density at radius 3 is 2.36 bits per heavy atom. The van der Waals surface area contributed by atoms with Crippen molar-refractivity contribution in [1.82, 2.24) is 0 Å². The van der Waals surface area contributed by atoms with Gasteiger partial charge >= 0.3 is 0 Å². The van der Waals surface area contributed by atoms with Gasteiger partial charge in [0.05, 0.1) is 6.54 Å². The first-order valence-corrected chi connectivity index (χ1v) is 4.47. The fourth-order valence-electron chi connectivity index (χ4n) is 1.09. The minimum absolute atomic E-state index is 0. The van der Waals surface area contributed by atoms with Gasteiger partial charge in [-0.05, 0) is 30.7 Å². The third-order valence-corrected chi connectivity index (χ3v) is 1.86. The molecule has 0 fully saturated rings. The Hall–Kier alpha value is -1.06. The van der Waals surface area contributed by atoms with Crippen LogP contribution >= 0.6 is 0 Å². The molecule has 0 spiro atoms. The van der Waals surface area contributed by atoms with Gasteiger partial charge in [0.15, 0.2) is 0 Å². The van der Waals surface area contributed by atoms with E-state index in [0.717, 1.165) is 18.7 Å². The molecule has 0 aliphatic rings. The summed E-state index contributed by atoms with van der Waals surface area (Å²) < 4.78 is 0. The van der Waals surface area contributed by atoms with Gasteiger partial charge in [-0.15, -0.1) is 0 Å². The van der Waals surface area contributed by atoms with E-state index in [0.29, 0.717) is 5.56 Å². The first-order chi connectivity index (χ1) is 6.24. The summed E-state index contributed by atoms with van der Waals surface area (Å²) in [5.74, 6) is -0.373. The van der Waals surface area contributed by atoms with E-state index in [1.165, 1.54) is 0 Å². The zero-order valence-corrected chi connectivity index (χ0v) is 8.92. The van der Waals surface area contributed by atoms with E-state index >= 15 is 0 Å². The van der Waals surface area contributed by atoms with Crippen LogP contribution in [0.3, 0.4) is 0 Å². The number of nitrogens with two attached hydrogens (primary N) is 2. The van der Waals surface area contributed by atoms with Crippen molar-refractivity contribution >= 4 is 11.6 Å². The summed E-state index contributed by atoms with van der Waals surface area (Å²) in [5, 5.41) is 2.14. The third-order valence-electron chi connectivity index (χ3n) is 1.86. The Morgan fingerprint density at radius 1 is 1.36 bits per heavy atom. The summed E-state index contributed by atoms with van der Waals surface area (Å²) in [6.07, 6.45) is 1.14. The molecule has 1 rings (SSSR count). The van der Waals surface area contributed by atoms with Crippen LogP contribution in [0.2, 0.25) is 0 Å². The Kier molecular flexibility index (Phi) is 5.92. The van der Waals surface area contributed by atoms with Gasteiger partial charge in [-0.2, -0.15) is 0 Å². The van der Waals surface area contributed by atoms with Crippen molar-refractivity contribution in [2.75, 3.05) is 6.54 Å². The van der Waals surface area contributed by atoms with Crippen LogP contribution in [0.1, 0.15) is 23.7 Å². The largest absolute Gasteiger partial charge is 1.00 e. The number of benzene rings is 1. The van der Waals surface area contributed by atoms with E-state index in [1.807, 2.05) is 12.1 Å². The van der Waals surface area contributed by atoms with Crippen LogP contribution in [0.4, 0.5) is 5.69 Å². The van der Waals surface area contributed by atoms with Gasteiger partial charge < -0.3 is 23.5 Å². The van der Waals surface area contributed by atoms with Crippen molar-refractivity contribution in [3.63, 3.8) is 0 Å². The quantitative estimate of drug-likeness (QED) is 0.531. The number of amides is 1. The molecule has 0 bridgehead atoms. The molecule has 4 heteroatoms. The van der Waals surface area contributed by atoms with Gasteiger partial charge in [-0.25, -0.2) is 0 Å². The van der Waals surface area contributed by atoms with Gasteiger partial charge in [0.2, 0.25) is 5.91 Å². The third kappa shape index (κ3) is 3.77. The number of rotatable bonds is 4. The average Bonchev–Trinajstić information content (AvgIpc) is 2.15. The maximum Gasteiger partial charge on any atom is 0.248 e. The molecule has 14 heavy (non-hydrogen) atoms. The number of quaternary nitrogens is 1. The lowest BCUT2D eigenvalue weighted by Gasteiger charge is -1.99. The van der Waals surface area contributed by atoms with E-state index < -0.39 is 0 Å². The molecular formula is C10H15ClN2O. The van der Waals surface area contributed by atoms with Crippen LogP contribution in [-0.2, 0) is 0 Å². The normalized spacial score (nSPS) is 9.21. The number of primary amides is 1. The first kappa shape index (κ1) is 12.9. The minimum Gasteiger partial charge on any atom is -1.00 e. The molecule has 0 unspecified atom stereocenters. The Labute approximate surface area is 90.1 Å². The van der Waals surface area contributed by atoms with E-state index in [2.05, 4.69) is 12.2 Å².